The fourth-order valence-electron chi connectivity index (χ4n) is 2.47. The second-order valence-electron chi connectivity index (χ2n) is 5.17. The van der Waals surface area contributed by atoms with Crippen LogP contribution >= 0.6 is 0 Å². The first-order chi connectivity index (χ1) is 8.70. The van der Waals surface area contributed by atoms with Crippen LogP contribution in [-0.2, 0) is 6.54 Å². The van der Waals surface area contributed by atoms with E-state index in [1.165, 1.54) is 18.7 Å². The third kappa shape index (κ3) is 3.21. The normalized spacial score (nSPS) is 18.2. The Morgan fingerprint density at radius 1 is 1.28 bits per heavy atom. The molecule has 2 heterocycles. The number of nitrogens with one attached hydrogen (secondary N) is 1. The Morgan fingerprint density at radius 2 is 2.00 bits per heavy atom. The lowest BCUT2D eigenvalue weighted by Gasteiger charge is -2.37. The lowest BCUT2D eigenvalue weighted by Crippen LogP contribution is -2.48. The second kappa shape index (κ2) is 6.16. The van der Waals surface area contributed by atoms with Crippen molar-refractivity contribution in [2.75, 3.05) is 38.5 Å². The minimum Gasteiger partial charge on any atom is -0.373 e. The maximum atomic E-state index is 4.36. The van der Waals surface area contributed by atoms with Crippen molar-refractivity contribution < 1.29 is 0 Å². The van der Waals surface area contributed by atoms with Crippen LogP contribution in [0.2, 0.25) is 0 Å². The number of nitrogens with zero attached hydrogens (tertiary/aromatic N) is 3. The van der Waals surface area contributed by atoms with E-state index in [2.05, 4.69) is 40.0 Å². The van der Waals surface area contributed by atoms with Gasteiger partial charge in [-0.3, -0.25) is 9.80 Å². The van der Waals surface area contributed by atoms with Crippen LogP contribution in [0.15, 0.2) is 18.3 Å². The molecule has 1 fully saturated rings. The van der Waals surface area contributed by atoms with Gasteiger partial charge in [-0.25, -0.2) is 4.98 Å². The van der Waals surface area contributed by atoms with E-state index in [-0.39, 0.29) is 0 Å². The zero-order chi connectivity index (χ0) is 13.0. The summed E-state index contributed by atoms with van der Waals surface area (Å²) >= 11 is 0. The molecular weight excluding hydrogens is 224 g/mol. The molecule has 0 aromatic carbocycles. The Bertz CT molecular complexity index is 370. The average molecular weight is 248 g/mol. The quantitative estimate of drug-likeness (QED) is 0.878. The first-order valence-electron chi connectivity index (χ1n) is 6.78. The van der Waals surface area contributed by atoms with Crippen LogP contribution in [0.1, 0.15) is 19.4 Å². The van der Waals surface area contributed by atoms with E-state index in [0.29, 0.717) is 6.04 Å². The van der Waals surface area contributed by atoms with Gasteiger partial charge in [0.05, 0.1) is 0 Å². The maximum absolute atomic E-state index is 4.36. The van der Waals surface area contributed by atoms with Gasteiger partial charge in [-0.1, -0.05) is 6.07 Å². The summed E-state index contributed by atoms with van der Waals surface area (Å²) in [5.74, 6) is 1.00. The van der Waals surface area contributed by atoms with E-state index >= 15 is 0 Å². The standard InChI is InChI=1S/C14H24N4/c1-12(2)18-9-7-17(8-10-18)11-13-5-4-6-16-14(13)15-3/h4-6,12H,7-11H2,1-3H3,(H,15,16). The molecule has 0 unspecified atom stereocenters. The van der Waals surface area contributed by atoms with Crippen LogP contribution in [0.5, 0.6) is 0 Å². The Hall–Kier alpha value is -1.13. The second-order valence-corrected chi connectivity index (χ2v) is 5.17. The minimum atomic E-state index is 0.665. The molecule has 1 aromatic heterocycles. The van der Waals surface area contributed by atoms with E-state index in [9.17, 15) is 0 Å². The largest absolute Gasteiger partial charge is 0.373 e. The Balaban J connectivity index is 1.91. The molecule has 1 N–H and O–H groups in total. The van der Waals surface area contributed by atoms with Crippen LogP contribution in [0, 0.1) is 0 Å². The molecule has 0 bridgehead atoms. The van der Waals surface area contributed by atoms with Crippen molar-refractivity contribution in [2.24, 2.45) is 0 Å². The van der Waals surface area contributed by atoms with Gasteiger partial charge < -0.3 is 5.32 Å². The molecule has 1 aromatic rings. The van der Waals surface area contributed by atoms with Crippen molar-refractivity contribution in [3.05, 3.63) is 23.9 Å². The maximum Gasteiger partial charge on any atom is 0.130 e. The number of anilines is 1. The smallest absolute Gasteiger partial charge is 0.130 e. The molecule has 0 atom stereocenters. The van der Waals surface area contributed by atoms with Gasteiger partial charge in [0.25, 0.3) is 0 Å². The van der Waals surface area contributed by atoms with Crippen molar-refractivity contribution in [1.82, 2.24) is 14.8 Å². The summed E-state index contributed by atoms with van der Waals surface area (Å²) in [5, 5.41) is 3.16. The van der Waals surface area contributed by atoms with Crippen LogP contribution in [0.25, 0.3) is 0 Å². The fourth-order valence-corrected chi connectivity index (χ4v) is 2.47. The fraction of sp³-hybridized carbons (Fsp3) is 0.643. The van der Waals surface area contributed by atoms with Crippen molar-refractivity contribution in [1.29, 1.82) is 0 Å². The van der Waals surface area contributed by atoms with Crippen LogP contribution in [0.3, 0.4) is 0 Å². The van der Waals surface area contributed by atoms with Gasteiger partial charge in [-0.05, 0) is 19.9 Å². The molecular formula is C14H24N4. The van der Waals surface area contributed by atoms with Gasteiger partial charge in [-0.2, -0.15) is 0 Å². The highest BCUT2D eigenvalue weighted by atomic mass is 15.3. The van der Waals surface area contributed by atoms with E-state index in [1.807, 2.05) is 19.3 Å². The summed E-state index contributed by atoms with van der Waals surface area (Å²) in [6.45, 7) is 10.2. The van der Waals surface area contributed by atoms with Crippen molar-refractivity contribution in [3.63, 3.8) is 0 Å². The zero-order valence-corrected chi connectivity index (χ0v) is 11.7. The first kappa shape index (κ1) is 13.3. The van der Waals surface area contributed by atoms with Crippen LogP contribution < -0.4 is 5.32 Å². The molecule has 18 heavy (non-hydrogen) atoms. The van der Waals surface area contributed by atoms with Crippen molar-refractivity contribution in [2.45, 2.75) is 26.4 Å². The monoisotopic (exact) mass is 248 g/mol. The molecule has 2 rings (SSSR count). The molecule has 0 spiro atoms. The highest BCUT2D eigenvalue weighted by Crippen LogP contribution is 2.15. The Labute approximate surface area is 110 Å². The summed E-state index contributed by atoms with van der Waals surface area (Å²) < 4.78 is 0. The predicted molar refractivity (Wildman–Crippen MR) is 75.8 cm³/mol. The molecule has 0 amide bonds. The van der Waals surface area contributed by atoms with Gasteiger partial charge in [0, 0.05) is 57.6 Å². The lowest BCUT2D eigenvalue weighted by molar-refractivity contribution is 0.104. The summed E-state index contributed by atoms with van der Waals surface area (Å²) in [5.41, 5.74) is 1.29. The SMILES string of the molecule is CNc1ncccc1CN1CCN(C(C)C)CC1. The molecule has 1 aliphatic heterocycles. The molecule has 1 aliphatic rings. The number of aromatic nitrogens is 1. The molecule has 4 nitrogen and oxygen atoms in total. The molecule has 4 heteroatoms. The number of piperazine rings is 1. The third-order valence-corrected chi connectivity index (χ3v) is 3.66. The molecule has 1 saturated heterocycles. The molecule has 0 saturated carbocycles. The average Bonchev–Trinajstić information content (AvgIpc) is 2.40. The van der Waals surface area contributed by atoms with Gasteiger partial charge in [0.1, 0.15) is 5.82 Å². The highest BCUT2D eigenvalue weighted by Gasteiger charge is 2.19. The summed E-state index contributed by atoms with van der Waals surface area (Å²) in [6, 6.07) is 4.84. The number of hydrogen-bond donors (Lipinski definition) is 1. The summed E-state index contributed by atoms with van der Waals surface area (Å²) in [6.07, 6.45) is 1.84. The molecule has 0 aliphatic carbocycles. The lowest BCUT2D eigenvalue weighted by atomic mass is 10.2. The highest BCUT2D eigenvalue weighted by molar-refractivity contribution is 5.42. The van der Waals surface area contributed by atoms with E-state index < -0.39 is 0 Å². The topological polar surface area (TPSA) is 31.4 Å². The van der Waals surface area contributed by atoms with E-state index in [4.69, 9.17) is 0 Å². The first-order valence-corrected chi connectivity index (χ1v) is 6.78. The zero-order valence-electron chi connectivity index (χ0n) is 11.7. The summed E-state index contributed by atoms with van der Waals surface area (Å²) in [7, 11) is 1.93. The summed E-state index contributed by atoms with van der Waals surface area (Å²) in [4.78, 5) is 9.41. The van der Waals surface area contributed by atoms with Gasteiger partial charge in [0.15, 0.2) is 0 Å². The predicted octanol–water partition coefficient (Wildman–Crippen LogP) is 1.65. The third-order valence-electron chi connectivity index (χ3n) is 3.66. The minimum absolute atomic E-state index is 0.665. The van der Waals surface area contributed by atoms with E-state index in [0.717, 1.165) is 25.5 Å². The van der Waals surface area contributed by atoms with Crippen LogP contribution in [0.4, 0.5) is 5.82 Å². The van der Waals surface area contributed by atoms with Crippen molar-refractivity contribution in [3.8, 4) is 0 Å². The molecule has 100 valence electrons. The van der Waals surface area contributed by atoms with Crippen LogP contribution in [-0.4, -0.2) is 54.1 Å². The Morgan fingerprint density at radius 3 is 2.61 bits per heavy atom. The molecule has 0 radical (unpaired) electrons. The van der Waals surface area contributed by atoms with E-state index in [1.54, 1.807) is 0 Å². The number of hydrogen-bond acceptors (Lipinski definition) is 4. The van der Waals surface area contributed by atoms with Gasteiger partial charge in [0.2, 0.25) is 0 Å². The number of pyridine rings is 1. The number of rotatable bonds is 4. The van der Waals surface area contributed by atoms with Crippen molar-refractivity contribution >= 4 is 5.82 Å². The Kier molecular flexibility index (Phi) is 4.55. The van der Waals surface area contributed by atoms with Gasteiger partial charge >= 0.3 is 0 Å². The van der Waals surface area contributed by atoms with Gasteiger partial charge in [-0.15, -0.1) is 0 Å².